The Morgan fingerprint density at radius 3 is 2.19 bits per heavy atom. The standard InChI is InChI=1S/C22H26N2O3/c1-2-21(25)24(19-11-7-4-8-12-19)20-13-15-23(16-14-20)22(26)27-17-18-9-5-3-6-10-18/h3-12,20H,2,13-17H2,1H3. The summed E-state index contributed by atoms with van der Waals surface area (Å²) in [6.07, 6.45) is 1.68. The van der Waals surface area contributed by atoms with Crippen molar-refractivity contribution in [1.29, 1.82) is 0 Å². The van der Waals surface area contributed by atoms with Crippen LogP contribution in [0.2, 0.25) is 0 Å². The fourth-order valence-corrected chi connectivity index (χ4v) is 3.43. The highest BCUT2D eigenvalue weighted by Gasteiger charge is 2.30. The molecule has 1 saturated heterocycles. The van der Waals surface area contributed by atoms with Gasteiger partial charge in [-0.15, -0.1) is 0 Å². The Bertz CT molecular complexity index is 741. The quantitative estimate of drug-likeness (QED) is 0.796. The number of amides is 2. The summed E-state index contributed by atoms with van der Waals surface area (Å²) in [6.45, 7) is 3.36. The fourth-order valence-electron chi connectivity index (χ4n) is 3.43. The molecule has 27 heavy (non-hydrogen) atoms. The van der Waals surface area contributed by atoms with E-state index in [0.717, 1.165) is 24.1 Å². The van der Waals surface area contributed by atoms with Gasteiger partial charge in [-0.2, -0.15) is 0 Å². The average Bonchev–Trinajstić information content (AvgIpc) is 2.74. The summed E-state index contributed by atoms with van der Waals surface area (Å²) in [6, 6.07) is 19.6. The number of ether oxygens (including phenoxy) is 1. The zero-order valence-corrected chi connectivity index (χ0v) is 15.7. The number of likely N-dealkylation sites (tertiary alicyclic amines) is 1. The van der Waals surface area contributed by atoms with Gasteiger partial charge in [-0.25, -0.2) is 4.79 Å². The number of carbonyl (C=O) groups is 2. The van der Waals surface area contributed by atoms with E-state index in [1.807, 2.05) is 72.5 Å². The molecule has 1 heterocycles. The van der Waals surface area contributed by atoms with Gasteiger partial charge in [-0.1, -0.05) is 55.5 Å². The van der Waals surface area contributed by atoms with E-state index in [4.69, 9.17) is 4.74 Å². The second kappa shape index (κ2) is 9.21. The minimum atomic E-state index is -0.287. The number of carbonyl (C=O) groups excluding carboxylic acids is 2. The van der Waals surface area contributed by atoms with Gasteiger partial charge in [0.2, 0.25) is 5.91 Å². The highest BCUT2D eigenvalue weighted by atomic mass is 16.6. The molecule has 2 aromatic rings. The van der Waals surface area contributed by atoms with E-state index in [0.29, 0.717) is 19.5 Å². The van der Waals surface area contributed by atoms with Crippen LogP contribution in [0.5, 0.6) is 0 Å². The van der Waals surface area contributed by atoms with Crippen LogP contribution in [-0.4, -0.2) is 36.0 Å². The molecule has 0 N–H and O–H groups in total. The summed E-state index contributed by atoms with van der Waals surface area (Å²) in [5.74, 6) is 0.117. The molecule has 0 bridgehead atoms. The lowest BCUT2D eigenvalue weighted by Crippen LogP contribution is -2.49. The van der Waals surface area contributed by atoms with E-state index >= 15 is 0 Å². The zero-order valence-electron chi connectivity index (χ0n) is 15.7. The zero-order chi connectivity index (χ0) is 19.1. The molecule has 1 aliphatic heterocycles. The van der Waals surface area contributed by atoms with E-state index in [-0.39, 0.29) is 24.6 Å². The first kappa shape index (κ1) is 19.0. The first-order chi connectivity index (χ1) is 13.2. The molecule has 3 rings (SSSR count). The number of anilines is 1. The lowest BCUT2D eigenvalue weighted by Gasteiger charge is -2.38. The molecule has 0 aliphatic carbocycles. The van der Waals surface area contributed by atoms with Crippen LogP contribution in [-0.2, 0) is 16.1 Å². The molecule has 0 spiro atoms. The summed E-state index contributed by atoms with van der Waals surface area (Å²) in [4.78, 5) is 28.5. The SMILES string of the molecule is CCC(=O)N(c1ccccc1)C1CCN(C(=O)OCc2ccccc2)CC1. The van der Waals surface area contributed by atoms with Crippen molar-refractivity contribution in [1.82, 2.24) is 4.90 Å². The van der Waals surface area contributed by atoms with Crippen LogP contribution < -0.4 is 4.90 Å². The van der Waals surface area contributed by atoms with Crippen molar-refractivity contribution < 1.29 is 14.3 Å². The number of nitrogens with zero attached hydrogens (tertiary/aromatic N) is 2. The number of hydrogen-bond donors (Lipinski definition) is 0. The van der Waals surface area contributed by atoms with Crippen LogP contribution in [0.4, 0.5) is 10.5 Å². The van der Waals surface area contributed by atoms with Crippen LogP contribution >= 0.6 is 0 Å². The molecule has 0 saturated carbocycles. The predicted molar refractivity (Wildman–Crippen MR) is 105 cm³/mol. The van der Waals surface area contributed by atoms with Gasteiger partial charge in [0.25, 0.3) is 0 Å². The third kappa shape index (κ3) is 4.88. The van der Waals surface area contributed by atoms with Gasteiger partial charge in [-0.3, -0.25) is 4.79 Å². The minimum absolute atomic E-state index is 0.109. The molecule has 0 aromatic heterocycles. The second-order valence-corrected chi connectivity index (χ2v) is 6.71. The third-order valence-corrected chi connectivity index (χ3v) is 4.90. The minimum Gasteiger partial charge on any atom is -0.445 e. The maximum atomic E-state index is 12.5. The molecule has 5 heteroatoms. The van der Waals surface area contributed by atoms with Crippen LogP contribution in [0.25, 0.3) is 0 Å². The summed E-state index contributed by atoms with van der Waals surface area (Å²) in [5.41, 5.74) is 1.90. The molecule has 142 valence electrons. The molecule has 2 amide bonds. The largest absolute Gasteiger partial charge is 0.445 e. The Hall–Kier alpha value is -2.82. The van der Waals surface area contributed by atoms with Gasteiger partial charge in [0.15, 0.2) is 0 Å². The van der Waals surface area contributed by atoms with E-state index < -0.39 is 0 Å². The van der Waals surface area contributed by atoms with E-state index in [9.17, 15) is 9.59 Å². The molecular formula is C22H26N2O3. The van der Waals surface area contributed by atoms with Crippen LogP contribution in [0.15, 0.2) is 60.7 Å². The number of piperidine rings is 1. The predicted octanol–water partition coefficient (Wildman–Crippen LogP) is 4.23. The van der Waals surface area contributed by atoms with Crippen molar-refractivity contribution in [3.05, 3.63) is 66.2 Å². The van der Waals surface area contributed by atoms with Gasteiger partial charge in [0, 0.05) is 31.2 Å². The van der Waals surface area contributed by atoms with Crippen molar-refractivity contribution in [2.45, 2.75) is 38.8 Å². The molecular weight excluding hydrogens is 340 g/mol. The van der Waals surface area contributed by atoms with Crippen LogP contribution in [0.3, 0.4) is 0 Å². The summed E-state index contributed by atoms with van der Waals surface area (Å²) in [5, 5.41) is 0. The number of hydrogen-bond acceptors (Lipinski definition) is 3. The van der Waals surface area contributed by atoms with Crippen LogP contribution in [0.1, 0.15) is 31.7 Å². The summed E-state index contributed by atoms with van der Waals surface area (Å²) < 4.78 is 5.42. The Balaban J connectivity index is 1.56. The van der Waals surface area contributed by atoms with Gasteiger partial charge in [-0.05, 0) is 30.5 Å². The van der Waals surface area contributed by atoms with Gasteiger partial charge < -0.3 is 14.5 Å². The first-order valence-corrected chi connectivity index (χ1v) is 9.51. The topological polar surface area (TPSA) is 49.9 Å². The Labute approximate surface area is 160 Å². The molecule has 0 unspecified atom stereocenters. The first-order valence-electron chi connectivity index (χ1n) is 9.51. The lowest BCUT2D eigenvalue weighted by atomic mass is 10.0. The van der Waals surface area contributed by atoms with Gasteiger partial charge in [0.1, 0.15) is 6.61 Å². The van der Waals surface area contributed by atoms with E-state index in [1.54, 1.807) is 4.90 Å². The Morgan fingerprint density at radius 2 is 1.59 bits per heavy atom. The van der Waals surface area contributed by atoms with E-state index in [2.05, 4.69) is 0 Å². The summed E-state index contributed by atoms with van der Waals surface area (Å²) in [7, 11) is 0. The molecule has 1 fully saturated rings. The Morgan fingerprint density at radius 1 is 1.00 bits per heavy atom. The van der Waals surface area contributed by atoms with E-state index in [1.165, 1.54) is 0 Å². The van der Waals surface area contributed by atoms with Crippen LogP contribution in [0, 0.1) is 0 Å². The maximum Gasteiger partial charge on any atom is 0.410 e. The monoisotopic (exact) mass is 366 g/mol. The lowest BCUT2D eigenvalue weighted by molar-refractivity contribution is -0.119. The average molecular weight is 366 g/mol. The third-order valence-electron chi connectivity index (χ3n) is 4.90. The Kier molecular flexibility index (Phi) is 6.47. The summed E-state index contributed by atoms with van der Waals surface area (Å²) >= 11 is 0. The fraction of sp³-hybridized carbons (Fsp3) is 0.364. The number of benzene rings is 2. The second-order valence-electron chi connectivity index (χ2n) is 6.71. The smallest absolute Gasteiger partial charge is 0.410 e. The highest BCUT2D eigenvalue weighted by Crippen LogP contribution is 2.25. The van der Waals surface area contributed by atoms with Crippen molar-refractivity contribution in [3.8, 4) is 0 Å². The van der Waals surface area contributed by atoms with Gasteiger partial charge in [0.05, 0.1) is 0 Å². The molecule has 1 aliphatic rings. The van der Waals surface area contributed by atoms with Crippen molar-refractivity contribution in [2.75, 3.05) is 18.0 Å². The van der Waals surface area contributed by atoms with Crippen molar-refractivity contribution >= 4 is 17.7 Å². The normalized spacial score (nSPS) is 14.6. The van der Waals surface area contributed by atoms with Crippen molar-refractivity contribution in [3.63, 3.8) is 0 Å². The highest BCUT2D eigenvalue weighted by molar-refractivity contribution is 5.93. The maximum absolute atomic E-state index is 12.5. The molecule has 0 radical (unpaired) electrons. The van der Waals surface area contributed by atoms with Crippen molar-refractivity contribution in [2.24, 2.45) is 0 Å². The molecule has 2 aromatic carbocycles. The number of para-hydroxylation sites is 1. The van der Waals surface area contributed by atoms with Gasteiger partial charge >= 0.3 is 6.09 Å². The number of rotatable bonds is 5. The molecule has 0 atom stereocenters. The molecule has 5 nitrogen and oxygen atoms in total.